The number of fused-ring (bicyclic) bond motifs is 1. The minimum absolute atomic E-state index is 0.00876. The molecule has 5 heterocycles. The largest absolute Gasteiger partial charge is 0.457 e. The lowest BCUT2D eigenvalue weighted by atomic mass is 9.89. The lowest BCUT2D eigenvalue weighted by molar-refractivity contribution is -0.168. The molecule has 0 aliphatic carbocycles. The summed E-state index contributed by atoms with van der Waals surface area (Å²) in [5.41, 5.74) is 1.79. The number of amides is 1. The average Bonchev–Trinajstić information content (AvgIpc) is 3.67. The second-order valence-corrected chi connectivity index (χ2v) is 10.7. The Kier molecular flexibility index (Phi) is 7.63. The van der Waals surface area contributed by atoms with Crippen LogP contribution >= 0.6 is 0 Å². The van der Waals surface area contributed by atoms with Gasteiger partial charge in [-0.25, -0.2) is 19.3 Å². The summed E-state index contributed by atoms with van der Waals surface area (Å²) in [5, 5.41) is 3.84. The zero-order valence-electron chi connectivity index (χ0n) is 23.1. The van der Waals surface area contributed by atoms with E-state index in [9.17, 15) is 18.0 Å². The van der Waals surface area contributed by atoms with Crippen molar-refractivity contribution in [3.63, 3.8) is 0 Å². The molecule has 43 heavy (non-hydrogen) atoms. The Morgan fingerprint density at radius 1 is 1.07 bits per heavy atom. The fourth-order valence-corrected chi connectivity index (χ4v) is 5.74. The lowest BCUT2D eigenvalue weighted by Gasteiger charge is -2.31. The van der Waals surface area contributed by atoms with Gasteiger partial charge in [-0.15, -0.1) is 0 Å². The van der Waals surface area contributed by atoms with Gasteiger partial charge in [-0.1, -0.05) is 6.58 Å². The highest BCUT2D eigenvalue weighted by atomic mass is 19.4. The van der Waals surface area contributed by atoms with Crippen molar-refractivity contribution in [1.29, 1.82) is 0 Å². The summed E-state index contributed by atoms with van der Waals surface area (Å²) in [6.07, 6.45) is 3.35. The number of hydrogen-bond donors (Lipinski definition) is 2. The summed E-state index contributed by atoms with van der Waals surface area (Å²) < 4.78 is 60.4. The van der Waals surface area contributed by atoms with Crippen LogP contribution in [0.5, 0.6) is 11.5 Å². The van der Waals surface area contributed by atoms with Gasteiger partial charge < -0.3 is 24.8 Å². The summed E-state index contributed by atoms with van der Waals surface area (Å²) >= 11 is 0. The third-order valence-corrected chi connectivity index (χ3v) is 8.04. The Hall–Kier alpha value is -4.68. The van der Waals surface area contributed by atoms with E-state index in [4.69, 9.17) is 4.74 Å². The van der Waals surface area contributed by atoms with Crippen LogP contribution in [0, 0.1) is 11.7 Å². The van der Waals surface area contributed by atoms with Gasteiger partial charge in [0.2, 0.25) is 5.91 Å². The number of alkyl halides is 3. The van der Waals surface area contributed by atoms with Crippen LogP contribution in [-0.2, 0) is 4.79 Å². The smallest absolute Gasteiger partial charge is 0.393 e. The van der Waals surface area contributed by atoms with Crippen LogP contribution in [-0.4, -0.2) is 63.1 Å². The van der Waals surface area contributed by atoms with Crippen LogP contribution in [0.1, 0.15) is 30.7 Å². The second-order valence-electron chi connectivity index (χ2n) is 10.7. The van der Waals surface area contributed by atoms with Gasteiger partial charge in [0, 0.05) is 50.7 Å². The highest BCUT2D eigenvalue weighted by Gasteiger charge is 2.43. The van der Waals surface area contributed by atoms with Crippen molar-refractivity contribution in [3.05, 3.63) is 73.1 Å². The molecule has 2 aliphatic rings. The first-order chi connectivity index (χ1) is 20.7. The van der Waals surface area contributed by atoms with Crippen LogP contribution in [0.4, 0.5) is 34.9 Å². The molecule has 2 saturated heterocycles. The van der Waals surface area contributed by atoms with E-state index in [0.717, 1.165) is 23.8 Å². The van der Waals surface area contributed by atoms with Gasteiger partial charge in [0.1, 0.15) is 40.9 Å². The van der Waals surface area contributed by atoms with Crippen molar-refractivity contribution in [2.75, 3.05) is 36.4 Å². The first kappa shape index (κ1) is 28.4. The highest BCUT2D eigenvalue weighted by molar-refractivity contribution is 5.92. The molecule has 13 heteroatoms. The standard InChI is InChI=1S/C30H29F4N7O2/c1-2-26(42)40-10-6-18(7-11-40)22-15-36-28-27(22)29(38-17-37-28)39-24-4-3-20(13-23(24)31)43-21-5-9-35-25(14-21)41-12-8-19(16-41)30(32,33)34/h2-5,9,13-15,17-19H,1,6-8,10-12,16H2,(H2,36,37,38,39). The first-order valence-electron chi connectivity index (χ1n) is 13.9. The van der Waals surface area contributed by atoms with Crippen molar-refractivity contribution in [1.82, 2.24) is 24.8 Å². The molecule has 4 aromatic rings. The lowest BCUT2D eigenvalue weighted by Crippen LogP contribution is -2.36. The summed E-state index contributed by atoms with van der Waals surface area (Å²) in [7, 11) is 0. The normalized spacial score (nSPS) is 17.8. The molecule has 0 radical (unpaired) electrons. The number of halogens is 4. The number of piperidine rings is 1. The molecule has 2 N–H and O–H groups in total. The summed E-state index contributed by atoms with van der Waals surface area (Å²) in [6.45, 7) is 4.86. The van der Waals surface area contributed by atoms with E-state index in [-0.39, 0.29) is 42.8 Å². The van der Waals surface area contributed by atoms with Crippen molar-refractivity contribution in [2.24, 2.45) is 5.92 Å². The molecule has 9 nitrogen and oxygen atoms in total. The minimum atomic E-state index is -4.25. The van der Waals surface area contributed by atoms with Crippen LogP contribution < -0.4 is 15.0 Å². The monoisotopic (exact) mass is 595 g/mol. The molecule has 0 saturated carbocycles. The Morgan fingerprint density at radius 3 is 2.58 bits per heavy atom. The zero-order valence-corrected chi connectivity index (χ0v) is 23.1. The van der Waals surface area contributed by atoms with Crippen molar-refractivity contribution >= 4 is 34.3 Å². The summed E-state index contributed by atoms with van der Waals surface area (Å²) in [4.78, 5) is 31.4. The van der Waals surface area contributed by atoms with Gasteiger partial charge in [-0.3, -0.25) is 4.79 Å². The number of rotatable bonds is 7. The number of pyridine rings is 1. The van der Waals surface area contributed by atoms with Crippen LogP contribution in [0.3, 0.4) is 0 Å². The molecule has 0 bridgehead atoms. The van der Waals surface area contributed by atoms with E-state index in [1.807, 2.05) is 6.20 Å². The summed E-state index contributed by atoms with van der Waals surface area (Å²) in [6, 6.07) is 7.45. The predicted octanol–water partition coefficient (Wildman–Crippen LogP) is 6.31. The fourth-order valence-electron chi connectivity index (χ4n) is 5.74. The number of anilines is 3. The third kappa shape index (κ3) is 5.97. The number of nitrogens with zero attached hydrogens (tertiary/aromatic N) is 5. The molecule has 0 spiro atoms. The number of ether oxygens (including phenoxy) is 1. The Balaban J connectivity index is 1.16. The molecule has 1 amide bonds. The van der Waals surface area contributed by atoms with Crippen molar-refractivity contribution in [2.45, 2.75) is 31.4 Å². The molecule has 1 atom stereocenters. The molecule has 1 unspecified atom stereocenters. The van der Waals surface area contributed by atoms with Gasteiger partial charge in [-0.2, -0.15) is 13.2 Å². The van der Waals surface area contributed by atoms with E-state index in [0.29, 0.717) is 36.1 Å². The molecule has 1 aromatic carbocycles. The van der Waals surface area contributed by atoms with Gasteiger partial charge in [0.25, 0.3) is 0 Å². The predicted molar refractivity (Wildman–Crippen MR) is 153 cm³/mol. The van der Waals surface area contributed by atoms with Gasteiger partial charge >= 0.3 is 6.18 Å². The number of hydrogen-bond acceptors (Lipinski definition) is 7. The van der Waals surface area contributed by atoms with Gasteiger partial charge in [0.15, 0.2) is 0 Å². The number of carbonyl (C=O) groups is 1. The quantitative estimate of drug-likeness (QED) is 0.191. The number of aromatic nitrogens is 4. The van der Waals surface area contributed by atoms with E-state index < -0.39 is 17.9 Å². The number of H-pyrrole nitrogens is 1. The maximum atomic E-state index is 15.3. The van der Waals surface area contributed by atoms with Crippen molar-refractivity contribution < 1.29 is 27.1 Å². The number of aromatic amines is 1. The van der Waals surface area contributed by atoms with E-state index in [1.54, 1.807) is 28.0 Å². The molecular weight excluding hydrogens is 566 g/mol. The Morgan fingerprint density at radius 2 is 1.86 bits per heavy atom. The number of benzene rings is 1. The molecule has 2 fully saturated rings. The Labute approximate surface area is 244 Å². The number of likely N-dealkylation sites (tertiary alicyclic amines) is 1. The van der Waals surface area contributed by atoms with Gasteiger partial charge in [0.05, 0.1) is 17.0 Å². The maximum Gasteiger partial charge on any atom is 0.393 e. The van der Waals surface area contributed by atoms with Gasteiger partial charge in [-0.05, 0) is 55.0 Å². The number of carbonyl (C=O) groups excluding carboxylic acids is 1. The minimum Gasteiger partial charge on any atom is -0.457 e. The van der Waals surface area contributed by atoms with E-state index in [2.05, 4.69) is 31.8 Å². The van der Waals surface area contributed by atoms with Crippen LogP contribution in [0.15, 0.2) is 61.7 Å². The van der Waals surface area contributed by atoms with Crippen LogP contribution in [0.25, 0.3) is 11.0 Å². The third-order valence-electron chi connectivity index (χ3n) is 8.04. The highest BCUT2D eigenvalue weighted by Crippen LogP contribution is 2.38. The zero-order chi connectivity index (χ0) is 30.1. The molecule has 6 rings (SSSR count). The second kappa shape index (κ2) is 11.5. The first-order valence-corrected chi connectivity index (χ1v) is 13.9. The maximum absolute atomic E-state index is 15.3. The SMILES string of the molecule is C=CC(=O)N1CCC(c2c[nH]c3ncnc(Nc4ccc(Oc5ccnc(N6CCC(C(F)(F)F)C6)c5)cc4F)c23)CC1. The van der Waals surface area contributed by atoms with E-state index in [1.165, 1.54) is 30.7 Å². The molecule has 3 aromatic heterocycles. The van der Waals surface area contributed by atoms with E-state index >= 15 is 4.39 Å². The molecular formula is C30H29F4N7O2. The fraction of sp³-hybridized carbons (Fsp3) is 0.333. The Bertz CT molecular complexity index is 1650. The number of nitrogens with one attached hydrogen (secondary N) is 2. The van der Waals surface area contributed by atoms with Crippen LogP contribution in [0.2, 0.25) is 0 Å². The average molecular weight is 596 g/mol. The summed E-state index contributed by atoms with van der Waals surface area (Å²) in [5.74, 6) is -0.536. The molecule has 2 aliphatic heterocycles. The topological polar surface area (TPSA) is 99.3 Å². The molecule has 224 valence electrons. The van der Waals surface area contributed by atoms with Crippen molar-refractivity contribution in [3.8, 4) is 11.5 Å².